The number of pyridine rings is 1. The molecular weight excluding hydrogens is 437 g/mol. The standard InChI is InChI=1S/C18H10BrF3N6/c1-9-4-14(17(21)22)26-28(9)18-10(7-23)2-3-16(25-18)27-8-24-13-5-11(19)12(20)6-15(13)27/h2-6,8,17H,1H3. The van der Waals surface area contributed by atoms with Gasteiger partial charge in [0, 0.05) is 11.8 Å². The van der Waals surface area contributed by atoms with Crippen LogP contribution in [0.25, 0.3) is 22.7 Å². The highest BCUT2D eigenvalue weighted by molar-refractivity contribution is 9.10. The number of benzene rings is 1. The van der Waals surface area contributed by atoms with Crippen molar-refractivity contribution in [3.8, 4) is 17.7 Å². The Hall–Kier alpha value is -3.19. The first-order valence-corrected chi connectivity index (χ1v) is 8.77. The van der Waals surface area contributed by atoms with Crippen molar-refractivity contribution in [1.29, 1.82) is 5.26 Å². The van der Waals surface area contributed by atoms with E-state index in [9.17, 15) is 18.4 Å². The smallest absolute Gasteiger partial charge is 0.282 e. The number of nitrogens with zero attached hydrogens (tertiary/aromatic N) is 6. The molecule has 0 aliphatic rings. The molecule has 0 N–H and O–H groups in total. The van der Waals surface area contributed by atoms with Crippen LogP contribution in [0, 0.1) is 24.1 Å². The van der Waals surface area contributed by atoms with Gasteiger partial charge in [-0.15, -0.1) is 0 Å². The SMILES string of the molecule is Cc1cc(C(F)F)nn1-c1nc(-n2cnc3cc(Br)c(F)cc32)ccc1C#N. The average Bonchev–Trinajstić information content (AvgIpc) is 3.25. The number of hydrogen-bond donors (Lipinski definition) is 0. The van der Waals surface area contributed by atoms with Gasteiger partial charge in [0.2, 0.25) is 0 Å². The Morgan fingerprint density at radius 3 is 2.68 bits per heavy atom. The molecule has 0 saturated carbocycles. The van der Waals surface area contributed by atoms with Crippen LogP contribution in [0.4, 0.5) is 13.2 Å². The van der Waals surface area contributed by atoms with E-state index in [2.05, 4.69) is 31.0 Å². The van der Waals surface area contributed by atoms with Gasteiger partial charge in [-0.3, -0.25) is 4.57 Å². The highest BCUT2D eigenvalue weighted by atomic mass is 79.9. The maximum Gasteiger partial charge on any atom is 0.282 e. The Morgan fingerprint density at radius 2 is 2.00 bits per heavy atom. The third kappa shape index (κ3) is 2.93. The van der Waals surface area contributed by atoms with Crippen molar-refractivity contribution in [2.75, 3.05) is 0 Å². The molecular formula is C18H10BrF3N6. The fraction of sp³-hybridized carbons (Fsp3) is 0.111. The number of nitriles is 1. The molecule has 0 fully saturated rings. The lowest BCUT2D eigenvalue weighted by Gasteiger charge is -2.10. The van der Waals surface area contributed by atoms with Crippen molar-refractivity contribution < 1.29 is 13.2 Å². The summed E-state index contributed by atoms with van der Waals surface area (Å²) < 4.78 is 43.0. The van der Waals surface area contributed by atoms with Crippen molar-refractivity contribution in [3.05, 3.63) is 63.9 Å². The van der Waals surface area contributed by atoms with Crippen LogP contribution in [0.2, 0.25) is 0 Å². The lowest BCUT2D eigenvalue weighted by molar-refractivity contribution is 0.145. The topological polar surface area (TPSA) is 72.3 Å². The summed E-state index contributed by atoms with van der Waals surface area (Å²) in [6, 6.07) is 9.13. The Bertz CT molecular complexity index is 1250. The summed E-state index contributed by atoms with van der Waals surface area (Å²) in [5.41, 5.74) is 1.16. The maximum absolute atomic E-state index is 14.0. The van der Waals surface area contributed by atoms with Gasteiger partial charge in [0.05, 0.1) is 21.1 Å². The predicted octanol–water partition coefficient (Wildman–Crippen LogP) is 4.63. The van der Waals surface area contributed by atoms with Gasteiger partial charge in [-0.25, -0.2) is 27.8 Å². The summed E-state index contributed by atoms with van der Waals surface area (Å²) in [6.07, 6.45) is -1.28. The van der Waals surface area contributed by atoms with E-state index in [1.807, 2.05) is 6.07 Å². The molecule has 0 unspecified atom stereocenters. The minimum absolute atomic E-state index is 0.101. The van der Waals surface area contributed by atoms with E-state index in [1.54, 1.807) is 17.6 Å². The number of hydrogen-bond acceptors (Lipinski definition) is 4. The Kier molecular flexibility index (Phi) is 4.39. The van der Waals surface area contributed by atoms with E-state index in [4.69, 9.17) is 0 Å². The van der Waals surface area contributed by atoms with E-state index >= 15 is 0 Å². The molecule has 3 aromatic heterocycles. The molecule has 140 valence electrons. The highest BCUT2D eigenvalue weighted by Crippen LogP contribution is 2.26. The van der Waals surface area contributed by atoms with Crippen LogP contribution in [-0.4, -0.2) is 24.3 Å². The number of aryl methyl sites for hydroxylation is 1. The summed E-state index contributed by atoms with van der Waals surface area (Å²) in [5, 5.41) is 13.3. The first kappa shape index (κ1) is 18.2. The zero-order chi connectivity index (χ0) is 20.0. The van der Waals surface area contributed by atoms with Crippen LogP contribution in [-0.2, 0) is 0 Å². The highest BCUT2D eigenvalue weighted by Gasteiger charge is 2.18. The van der Waals surface area contributed by atoms with E-state index in [0.717, 1.165) is 0 Å². The summed E-state index contributed by atoms with van der Waals surface area (Å²) in [5.74, 6) is -0.0248. The lowest BCUT2D eigenvalue weighted by atomic mass is 10.2. The van der Waals surface area contributed by atoms with Crippen molar-refractivity contribution in [2.24, 2.45) is 0 Å². The van der Waals surface area contributed by atoms with Gasteiger partial charge < -0.3 is 0 Å². The summed E-state index contributed by atoms with van der Waals surface area (Å²) in [6.45, 7) is 1.59. The number of imidazole rings is 1. The molecule has 0 atom stereocenters. The molecule has 0 amide bonds. The zero-order valence-electron chi connectivity index (χ0n) is 14.2. The van der Waals surface area contributed by atoms with Gasteiger partial charge in [-0.2, -0.15) is 10.4 Å². The van der Waals surface area contributed by atoms with Crippen molar-refractivity contribution in [1.82, 2.24) is 24.3 Å². The van der Waals surface area contributed by atoms with Gasteiger partial charge in [0.15, 0.2) is 5.82 Å². The van der Waals surface area contributed by atoms with Gasteiger partial charge in [0.1, 0.15) is 29.7 Å². The minimum Gasteiger partial charge on any atom is -0.283 e. The normalized spacial score (nSPS) is 11.3. The number of rotatable bonds is 3. The largest absolute Gasteiger partial charge is 0.283 e. The van der Waals surface area contributed by atoms with Crippen molar-refractivity contribution in [3.63, 3.8) is 0 Å². The summed E-state index contributed by atoms with van der Waals surface area (Å²) in [4.78, 5) is 8.64. The molecule has 0 aliphatic heterocycles. The molecule has 0 bridgehead atoms. The number of halogens is 4. The molecule has 3 heterocycles. The summed E-state index contributed by atoms with van der Waals surface area (Å²) in [7, 11) is 0. The molecule has 10 heteroatoms. The molecule has 0 radical (unpaired) electrons. The van der Waals surface area contributed by atoms with E-state index < -0.39 is 17.9 Å². The van der Waals surface area contributed by atoms with Crippen LogP contribution >= 0.6 is 15.9 Å². The van der Waals surface area contributed by atoms with Crippen LogP contribution in [0.5, 0.6) is 0 Å². The molecule has 0 aliphatic carbocycles. The average molecular weight is 447 g/mol. The molecule has 0 spiro atoms. The van der Waals surface area contributed by atoms with Crippen LogP contribution in [0.3, 0.4) is 0 Å². The fourth-order valence-electron chi connectivity index (χ4n) is 2.83. The maximum atomic E-state index is 14.0. The number of aromatic nitrogens is 5. The molecule has 1 aromatic carbocycles. The van der Waals surface area contributed by atoms with Crippen molar-refractivity contribution >= 4 is 27.0 Å². The second-order valence-electron chi connectivity index (χ2n) is 5.95. The fourth-order valence-corrected chi connectivity index (χ4v) is 3.16. The molecule has 4 rings (SSSR count). The van der Waals surface area contributed by atoms with Crippen molar-refractivity contribution in [2.45, 2.75) is 13.3 Å². The van der Waals surface area contributed by atoms with Gasteiger partial charge in [0.25, 0.3) is 6.43 Å². The second kappa shape index (κ2) is 6.76. The molecule has 4 aromatic rings. The predicted molar refractivity (Wildman–Crippen MR) is 98.1 cm³/mol. The quantitative estimate of drug-likeness (QED) is 0.460. The number of alkyl halides is 2. The Balaban J connectivity index is 1.91. The molecule has 6 nitrogen and oxygen atoms in total. The summed E-state index contributed by atoms with van der Waals surface area (Å²) >= 11 is 3.12. The molecule has 28 heavy (non-hydrogen) atoms. The van der Waals surface area contributed by atoms with Gasteiger partial charge >= 0.3 is 0 Å². The lowest BCUT2D eigenvalue weighted by Crippen LogP contribution is -2.08. The Labute approximate surface area is 165 Å². The van der Waals surface area contributed by atoms with Crippen LogP contribution in [0.1, 0.15) is 23.4 Å². The van der Waals surface area contributed by atoms with E-state index in [0.29, 0.717) is 22.5 Å². The number of fused-ring (bicyclic) bond motifs is 1. The third-order valence-corrected chi connectivity index (χ3v) is 4.76. The first-order valence-electron chi connectivity index (χ1n) is 7.97. The van der Waals surface area contributed by atoms with E-state index in [-0.39, 0.29) is 15.9 Å². The van der Waals surface area contributed by atoms with Gasteiger partial charge in [-0.05, 0) is 47.1 Å². The van der Waals surface area contributed by atoms with Gasteiger partial charge in [-0.1, -0.05) is 0 Å². The van der Waals surface area contributed by atoms with Crippen LogP contribution < -0.4 is 0 Å². The third-order valence-electron chi connectivity index (χ3n) is 4.15. The monoisotopic (exact) mass is 446 g/mol. The first-order chi connectivity index (χ1) is 13.4. The Morgan fingerprint density at radius 1 is 1.21 bits per heavy atom. The zero-order valence-corrected chi connectivity index (χ0v) is 15.8. The van der Waals surface area contributed by atoms with Crippen LogP contribution in [0.15, 0.2) is 41.1 Å². The minimum atomic E-state index is -2.74. The second-order valence-corrected chi connectivity index (χ2v) is 6.80. The molecule has 0 saturated heterocycles. The van der Waals surface area contributed by atoms with E-state index in [1.165, 1.54) is 35.3 Å².